The van der Waals surface area contributed by atoms with E-state index in [2.05, 4.69) is 54.9 Å². The zero-order chi connectivity index (χ0) is 20.3. The first-order valence-corrected chi connectivity index (χ1v) is 9.68. The van der Waals surface area contributed by atoms with E-state index >= 15 is 0 Å². The predicted molar refractivity (Wildman–Crippen MR) is 107 cm³/mol. The number of nitrogens with zero attached hydrogens (tertiary/aromatic N) is 4. The lowest BCUT2D eigenvalue weighted by molar-refractivity contribution is -0.143. The number of hydrogen-bond donors (Lipinski definition) is 0. The molecule has 1 aromatic heterocycles. The summed E-state index contributed by atoms with van der Waals surface area (Å²) in [5.74, 6) is -0.516. The van der Waals surface area contributed by atoms with Crippen molar-refractivity contribution in [1.29, 1.82) is 0 Å². The van der Waals surface area contributed by atoms with Gasteiger partial charge >= 0.3 is 5.97 Å². The van der Waals surface area contributed by atoms with Crippen LogP contribution in [0, 0.1) is 0 Å². The smallest absolute Gasteiger partial charge is 0.332 e. The molecule has 1 aliphatic rings. The quantitative estimate of drug-likeness (QED) is 0.810. The van der Waals surface area contributed by atoms with E-state index in [4.69, 9.17) is 4.84 Å². The molecule has 0 spiro atoms. The molecule has 0 bridgehead atoms. The summed E-state index contributed by atoms with van der Waals surface area (Å²) in [4.78, 5) is 37.3. The molecule has 0 saturated carbocycles. The van der Waals surface area contributed by atoms with Crippen LogP contribution in [-0.4, -0.2) is 52.7 Å². The van der Waals surface area contributed by atoms with Crippen molar-refractivity contribution in [3.8, 4) is 0 Å². The van der Waals surface area contributed by atoms with E-state index in [1.807, 2.05) is 0 Å². The van der Waals surface area contributed by atoms with Crippen LogP contribution in [0.1, 0.15) is 50.2 Å². The summed E-state index contributed by atoms with van der Waals surface area (Å²) in [6.07, 6.45) is 3.06. The summed E-state index contributed by atoms with van der Waals surface area (Å²) in [7, 11) is 0. The number of rotatable bonds is 4. The number of hydrogen-bond acceptors (Lipinski definition) is 5. The number of carbonyl (C=O) groups excluding carboxylic acids is 2. The van der Waals surface area contributed by atoms with E-state index < -0.39 is 0 Å². The summed E-state index contributed by atoms with van der Waals surface area (Å²) in [5, 5.41) is 0. The first-order chi connectivity index (χ1) is 13.3. The van der Waals surface area contributed by atoms with Gasteiger partial charge in [-0.1, -0.05) is 45.9 Å². The number of aromatic nitrogens is 2. The molecule has 28 heavy (non-hydrogen) atoms. The summed E-state index contributed by atoms with van der Waals surface area (Å²) >= 11 is 0. The standard InChI is InChI=1S/C21H28N4O3/c1-5-19(26)28-25-14-17(22-15-25)20(27)24-12-10-23(11-13-24)18-9-7-6-8-16(18)21(2,3)4/h6-9,14-15H,5,10-13H2,1-4H3. The molecule has 1 aromatic carbocycles. The molecule has 0 atom stereocenters. The second kappa shape index (κ2) is 8.04. The lowest BCUT2D eigenvalue weighted by Crippen LogP contribution is -2.49. The predicted octanol–water partition coefficient (Wildman–Crippen LogP) is 2.51. The highest BCUT2D eigenvalue weighted by Gasteiger charge is 2.27. The monoisotopic (exact) mass is 384 g/mol. The molecule has 2 heterocycles. The van der Waals surface area contributed by atoms with Crippen molar-refractivity contribution < 1.29 is 14.4 Å². The number of para-hydroxylation sites is 1. The maximum absolute atomic E-state index is 12.7. The van der Waals surface area contributed by atoms with Crippen molar-refractivity contribution in [3.05, 3.63) is 48.0 Å². The number of benzene rings is 1. The molecule has 150 valence electrons. The Balaban J connectivity index is 1.65. The van der Waals surface area contributed by atoms with Crippen molar-refractivity contribution in [2.24, 2.45) is 0 Å². The van der Waals surface area contributed by atoms with Crippen LogP contribution in [0.5, 0.6) is 0 Å². The zero-order valence-electron chi connectivity index (χ0n) is 17.0. The SMILES string of the molecule is CCC(=O)On1cnc(C(=O)N2CCN(c3ccccc3C(C)(C)C)CC2)c1. The summed E-state index contributed by atoms with van der Waals surface area (Å²) < 4.78 is 1.19. The Morgan fingerprint density at radius 2 is 1.79 bits per heavy atom. The molecule has 0 N–H and O–H groups in total. The Morgan fingerprint density at radius 1 is 1.11 bits per heavy atom. The minimum atomic E-state index is -0.373. The molecule has 7 heteroatoms. The Morgan fingerprint density at radius 3 is 2.43 bits per heavy atom. The van der Waals surface area contributed by atoms with E-state index in [0.717, 1.165) is 13.1 Å². The van der Waals surface area contributed by atoms with Gasteiger partial charge in [-0.05, 0) is 17.0 Å². The topological polar surface area (TPSA) is 67.7 Å². The Labute approximate surface area is 165 Å². The number of piperazine rings is 1. The third kappa shape index (κ3) is 4.35. The highest BCUT2D eigenvalue weighted by molar-refractivity contribution is 5.92. The number of carbonyl (C=O) groups is 2. The molecule has 0 aliphatic carbocycles. The molecule has 1 amide bonds. The molecular weight excluding hydrogens is 356 g/mol. The van der Waals surface area contributed by atoms with Crippen molar-refractivity contribution >= 4 is 17.6 Å². The molecule has 1 saturated heterocycles. The second-order valence-corrected chi connectivity index (χ2v) is 7.98. The van der Waals surface area contributed by atoms with Gasteiger partial charge in [-0.25, -0.2) is 9.78 Å². The molecule has 7 nitrogen and oxygen atoms in total. The Hall–Kier alpha value is -2.83. The van der Waals surface area contributed by atoms with Gasteiger partial charge in [0.1, 0.15) is 12.0 Å². The second-order valence-electron chi connectivity index (χ2n) is 7.98. The van der Waals surface area contributed by atoms with Gasteiger partial charge in [-0.2, -0.15) is 4.73 Å². The van der Waals surface area contributed by atoms with Crippen LogP contribution >= 0.6 is 0 Å². The van der Waals surface area contributed by atoms with Crippen molar-refractivity contribution in [2.45, 2.75) is 39.5 Å². The van der Waals surface area contributed by atoms with Gasteiger partial charge in [-0.3, -0.25) is 4.79 Å². The lowest BCUT2D eigenvalue weighted by atomic mass is 9.85. The van der Waals surface area contributed by atoms with Crippen molar-refractivity contribution in [2.75, 3.05) is 31.1 Å². The summed E-state index contributed by atoms with van der Waals surface area (Å²) in [6.45, 7) is 11.1. The molecule has 2 aromatic rings. The molecule has 0 unspecified atom stereocenters. The molecular formula is C21H28N4O3. The first kappa shape index (κ1) is 19.9. The van der Waals surface area contributed by atoms with Crippen LogP contribution in [0.2, 0.25) is 0 Å². The maximum Gasteiger partial charge on any atom is 0.332 e. The number of anilines is 1. The minimum Gasteiger partial charge on any atom is -0.368 e. The Kier molecular flexibility index (Phi) is 5.72. The van der Waals surface area contributed by atoms with Gasteiger partial charge in [0, 0.05) is 38.3 Å². The van der Waals surface area contributed by atoms with Crippen LogP contribution in [0.25, 0.3) is 0 Å². The fourth-order valence-corrected chi connectivity index (χ4v) is 3.34. The highest BCUT2D eigenvalue weighted by Crippen LogP contribution is 2.32. The van der Waals surface area contributed by atoms with Crippen molar-refractivity contribution in [1.82, 2.24) is 14.6 Å². The largest absolute Gasteiger partial charge is 0.368 e. The van der Waals surface area contributed by atoms with Gasteiger partial charge in [-0.15, -0.1) is 0 Å². The van der Waals surface area contributed by atoms with Crippen LogP contribution in [0.3, 0.4) is 0 Å². The van der Waals surface area contributed by atoms with E-state index in [-0.39, 0.29) is 29.4 Å². The average molecular weight is 384 g/mol. The molecule has 0 radical (unpaired) electrons. The third-order valence-corrected chi connectivity index (χ3v) is 4.89. The van der Waals surface area contributed by atoms with Crippen molar-refractivity contribution in [3.63, 3.8) is 0 Å². The van der Waals surface area contributed by atoms with E-state index in [1.165, 1.54) is 28.5 Å². The highest BCUT2D eigenvalue weighted by atomic mass is 16.7. The molecule has 3 rings (SSSR count). The number of imidazole rings is 1. The van der Waals surface area contributed by atoms with E-state index in [0.29, 0.717) is 13.1 Å². The summed E-state index contributed by atoms with van der Waals surface area (Å²) in [5.41, 5.74) is 2.89. The van der Waals surface area contributed by atoms with Crippen LogP contribution in [0.15, 0.2) is 36.8 Å². The van der Waals surface area contributed by atoms with Gasteiger partial charge in [0.05, 0.1) is 6.20 Å². The van der Waals surface area contributed by atoms with Gasteiger partial charge in [0.15, 0.2) is 0 Å². The van der Waals surface area contributed by atoms with Crippen LogP contribution < -0.4 is 9.74 Å². The molecule has 1 fully saturated rings. The molecule has 1 aliphatic heterocycles. The lowest BCUT2D eigenvalue weighted by Gasteiger charge is -2.38. The van der Waals surface area contributed by atoms with E-state index in [9.17, 15) is 9.59 Å². The summed E-state index contributed by atoms with van der Waals surface area (Å²) in [6, 6.07) is 8.47. The fraction of sp³-hybridized carbons (Fsp3) is 0.476. The average Bonchev–Trinajstić information content (AvgIpc) is 3.15. The van der Waals surface area contributed by atoms with Gasteiger partial charge < -0.3 is 14.6 Å². The normalized spacial score (nSPS) is 14.9. The number of amides is 1. The fourth-order valence-electron chi connectivity index (χ4n) is 3.34. The van der Waals surface area contributed by atoms with Gasteiger partial charge in [0.25, 0.3) is 5.91 Å². The third-order valence-electron chi connectivity index (χ3n) is 4.89. The Bertz CT molecular complexity index is 845. The van der Waals surface area contributed by atoms with Crippen LogP contribution in [-0.2, 0) is 10.2 Å². The first-order valence-electron chi connectivity index (χ1n) is 9.68. The minimum absolute atomic E-state index is 0.0618. The van der Waals surface area contributed by atoms with E-state index in [1.54, 1.807) is 11.8 Å². The maximum atomic E-state index is 12.7. The van der Waals surface area contributed by atoms with Gasteiger partial charge in [0.2, 0.25) is 0 Å². The van der Waals surface area contributed by atoms with Crippen LogP contribution in [0.4, 0.5) is 5.69 Å². The zero-order valence-corrected chi connectivity index (χ0v) is 17.0.